The zero-order valence-electron chi connectivity index (χ0n) is 14.0. The Hall–Kier alpha value is -2.63. The van der Waals surface area contributed by atoms with Crippen molar-refractivity contribution in [2.45, 2.75) is 26.7 Å². The van der Waals surface area contributed by atoms with E-state index >= 15 is 0 Å². The number of carboxylic acid groups (broad SMARTS) is 1. The molecule has 6 nitrogen and oxygen atoms in total. The topological polar surface area (TPSA) is 78.3 Å². The van der Waals surface area contributed by atoms with Crippen LogP contribution < -0.4 is 10.2 Å². The van der Waals surface area contributed by atoms with Crippen LogP contribution >= 0.6 is 0 Å². The highest BCUT2D eigenvalue weighted by molar-refractivity contribution is 5.89. The van der Waals surface area contributed by atoms with E-state index in [1.54, 1.807) is 18.2 Å². The lowest BCUT2D eigenvalue weighted by atomic mass is 10.00. The quantitative estimate of drug-likeness (QED) is 0.896. The highest BCUT2D eigenvalue weighted by atomic mass is 16.4. The highest BCUT2D eigenvalue weighted by Crippen LogP contribution is 2.23. The summed E-state index contributed by atoms with van der Waals surface area (Å²) < 4.78 is 0. The zero-order chi connectivity index (χ0) is 17.1. The van der Waals surface area contributed by atoms with E-state index in [9.17, 15) is 4.79 Å². The molecule has 0 amide bonds. The minimum absolute atomic E-state index is 0.246. The zero-order valence-corrected chi connectivity index (χ0v) is 14.0. The molecule has 0 saturated carbocycles. The second-order valence-electron chi connectivity index (χ2n) is 6.38. The van der Waals surface area contributed by atoms with Gasteiger partial charge in [0.15, 0.2) is 0 Å². The summed E-state index contributed by atoms with van der Waals surface area (Å²) in [6, 6.07) is 8.57. The maximum Gasteiger partial charge on any atom is 0.335 e. The lowest BCUT2D eigenvalue weighted by molar-refractivity contribution is 0.0697. The van der Waals surface area contributed by atoms with Crippen LogP contribution in [0.3, 0.4) is 0 Å². The smallest absolute Gasteiger partial charge is 0.335 e. The molecule has 1 aliphatic heterocycles. The maximum atomic E-state index is 11.1. The number of hydrogen-bond acceptors (Lipinski definition) is 5. The third-order valence-electron chi connectivity index (χ3n) is 4.29. The molecule has 24 heavy (non-hydrogen) atoms. The Morgan fingerprint density at radius 1 is 1.25 bits per heavy atom. The summed E-state index contributed by atoms with van der Waals surface area (Å²) in [5.74, 6) is 1.22. The number of anilines is 3. The number of aromatic nitrogens is 2. The largest absolute Gasteiger partial charge is 0.478 e. The second kappa shape index (κ2) is 6.86. The van der Waals surface area contributed by atoms with Gasteiger partial charge < -0.3 is 15.3 Å². The van der Waals surface area contributed by atoms with Gasteiger partial charge in [-0.25, -0.2) is 9.78 Å². The van der Waals surface area contributed by atoms with Crippen molar-refractivity contribution in [1.29, 1.82) is 0 Å². The van der Waals surface area contributed by atoms with Gasteiger partial charge in [0.25, 0.3) is 0 Å². The number of nitrogens with one attached hydrogen (secondary N) is 1. The number of carbonyl (C=O) groups is 1. The summed E-state index contributed by atoms with van der Waals surface area (Å²) >= 11 is 0. The summed E-state index contributed by atoms with van der Waals surface area (Å²) in [6.45, 7) is 6.16. The molecule has 3 rings (SSSR count). The molecule has 2 aromatic rings. The third-order valence-corrected chi connectivity index (χ3v) is 4.29. The van der Waals surface area contributed by atoms with Crippen LogP contribution in [0.4, 0.5) is 17.5 Å². The first-order chi connectivity index (χ1) is 11.5. The molecule has 6 heteroatoms. The lowest BCUT2D eigenvalue weighted by Gasteiger charge is -2.30. The minimum Gasteiger partial charge on any atom is -0.478 e. The predicted molar refractivity (Wildman–Crippen MR) is 94.1 cm³/mol. The highest BCUT2D eigenvalue weighted by Gasteiger charge is 2.18. The van der Waals surface area contributed by atoms with Gasteiger partial charge in [0, 0.05) is 30.5 Å². The first kappa shape index (κ1) is 16.2. The average molecular weight is 326 g/mol. The van der Waals surface area contributed by atoms with Crippen molar-refractivity contribution in [2.75, 3.05) is 23.3 Å². The van der Waals surface area contributed by atoms with Crippen LogP contribution in [-0.4, -0.2) is 34.1 Å². The Labute approximate surface area is 141 Å². The Balaban J connectivity index is 1.81. The van der Waals surface area contributed by atoms with E-state index in [-0.39, 0.29) is 5.56 Å². The Bertz CT molecular complexity index is 740. The number of benzene rings is 1. The Morgan fingerprint density at radius 3 is 2.71 bits per heavy atom. The lowest BCUT2D eigenvalue weighted by Crippen LogP contribution is -2.34. The number of aryl methyl sites for hydroxylation is 1. The van der Waals surface area contributed by atoms with Crippen LogP contribution in [0.15, 0.2) is 30.3 Å². The van der Waals surface area contributed by atoms with Gasteiger partial charge in [0.2, 0.25) is 5.95 Å². The van der Waals surface area contributed by atoms with Crippen molar-refractivity contribution in [3.63, 3.8) is 0 Å². The molecule has 1 aliphatic rings. The van der Waals surface area contributed by atoms with Crippen molar-refractivity contribution in [1.82, 2.24) is 9.97 Å². The molecule has 2 N–H and O–H groups in total. The van der Waals surface area contributed by atoms with E-state index in [1.165, 1.54) is 0 Å². The van der Waals surface area contributed by atoms with Crippen molar-refractivity contribution < 1.29 is 9.90 Å². The van der Waals surface area contributed by atoms with Crippen LogP contribution in [0.25, 0.3) is 0 Å². The van der Waals surface area contributed by atoms with E-state index in [0.29, 0.717) is 11.5 Å². The molecule has 0 aliphatic carbocycles. The van der Waals surface area contributed by atoms with E-state index in [2.05, 4.69) is 27.1 Å². The van der Waals surface area contributed by atoms with E-state index in [0.717, 1.165) is 43.5 Å². The van der Waals surface area contributed by atoms with Crippen molar-refractivity contribution in [2.24, 2.45) is 5.92 Å². The molecule has 0 bridgehead atoms. The Morgan fingerprint density at radius 2 is 2.00 bits per heavy atom. The SMILES string of the molecule is Cc1cc(Nc2cccc(C(=O)O)c2)nc(N2CCC(C)CC2)n1. The summed E-state index contributed by atoms with van der Waals surface area (Å²) in [5, 5.41) is 12.3. The summed E-state index contributed by atoms with van der Waals surface area (Å²) in [6.07, 6.45) is 2.31. The fourth-order valence-electron chi connectivity index (χ4n) is 2.84. The van der Waals surface area contributed by atoms with E-state index < -0.39 is 5.97 Å². The molecule has 2 heterocycles. The molecular weight excluding hydrogens is 304 g/mol. The van der Waals surface area contributed by atoms with Gasteiger partial charge in [0.05, 0.1) is 5.56 Å². The number of aromatic carboxylic acids is 1. The Kier molecular flexibility index (Phi) is 4.64. The van der Waals surface area contributed by atoms with Crippen LogP contribution in [0, 0.1) is 12.8 Å². The van der Waals surface area contributed by atoms with Gasteiger partial charge >= 0.3 is 5.97 Å². The molecule has 1 fully saturated rings. The third kappa shape index (κ3) is 3.82. The van der Waals surface area contributed by atoms with E-state index in [1.807, 2.05) is 19.1 Å². The number of hydrogen-bond donors (Lipinski definition) is 2. The van der Waals surface area contributed by atoms with Crippen LogP contribution in [0.1, 0.15) is 35.8 Å². The molecule has 0 unspecified atom stereocenters. The number of carboxylic acids is 1. The van der Waals surface area contributed by atoms with Crippen molar-refractivity contribution in [3.8, 4) is 0 Å². The van der Waals surface area contributed by atoms with Gasteiger partial charge in [-0.3, -0.25) is 0 Å². The molecule has 0 atom stereocenters. The second-order valence-corrected chi connectivity index (χ2v) is 6.38. The molecule has 126 valence electrons. The molecular formula is C18H22N4O2. The molecule has 1 aromatic carbocycles. The molecule has 0 radical (unpaired) electrons. The predicted octanol–water partition coefficient (Wildman–Crippen LogP) is 3.46. The van der Waals surface area contributed by atoms with Gasteiger partial charge in [-0.1, -0.05) is 13.0 Å². The monoisotopic (exact) mass is 326 g/mol. The summed E-state index contributed by atoms with van der Waals surface area (Å²) in [4.78, 5) is 22.5. The van der Waals surface area contributed by atoms with Gasteiger partial charge in [-0.15, -0.1) is 0 Å². The summed E-state index contributed by atoms with van der Waals surface area (Å²) in [5.41, 5.74) is 1.83. The van der Waals surface area contributed by atoms with Crippen LogP contribution in [-0.2, 0) is 0 Å². The minimum atomic E-state index is -0.944. The van der Waals surface area contributed by atoms with Gasteiger partial charge in [0.1, 0.15) is 5.82 Å². The molecule has 1 aromatic heterocycles. The van der Waals surface area contributed by atoms with E-state index in [4.69, 9.17) is 5.11 Å². The van der Waals surface area contributed by atoms with Gasteiger partial charge in [-0.05, 0) is 43.9 Å². The average Bonchev–Trinajstić information content (AvgIpc) is 2.55. The molecule has 1 saturated heterocycles. The van der Waals surface area contributed by atoms with Crippen LogP contribution in [0.5, 0.6) is 0 Å². The normalized spacial score (nSPS) is 15.3. The summed E-state index contributed by atoms with van der Waals surface area (Å²) in [7, 11) is 0. The molecule has 0 spiro atoms. The van der Waals surface area contributed by atoms with Crippen LogP contribution in [0.2, 0.25) is 0 Å². The fourth-order valence-corrected chi connectivity index (χ4v) is 2.84. The first-order valence-corrected chi connectivity index (χ1v) is 8.22. The van der Waals surface area contributed by atoms with Crippen molar-refractivity contribution in [3.05, 3.63) is 41.6 Å². The maximum absolute atomic E-state index is 11.1. The standard InChI is InChI=1S/C18H22N4O2/c1-12-6-8-22(9-7-12)18-19-13(2)10-16(21-18)20-15-5-3-4-14(11-15)17(23)24/h3-5,10-12H,6-9H2,1-2H3,(H,23,24)(H,19,20,21). The fraction of sp³-hybridized carbons (Fsp3) is 0.389. The number of piperidine rings is 1. The number of nitrogens with zero attached hydrogens (tertiary/aromatic N) is 3. The van der Waals surface area contributed by atoms with Crippen molar-refractivity contribution >= 4 is 23.4 Å². The number of rotatable bonds is 4. The first-order valence-electron chi connectivity index (χ1n) is 8.22. The van der Waals surface area contributed by atoms with Gasteiger partial charge in [-0.2, -0.15) is 4.98 Å².